The molecule has 1 rings (SSSR count). The molecule has 96 valence electrons. The predicted molar refractivity (Wildman–Crippen MR) is 61.2 cm³/mol. The first-order chi connectivity index (χ1) is 8.58. The second-order valence-electron chi connectivity index (χ2n) is 3.27. The molecule has 6 nitrogen and oxygen atoms in total. The summed E-state index contributed by atoms with van der Waals surface area (Å²) in [7, 11) is 0. The van der Waals surface area contributed by atoms with Crippen LogP contribution in [0.3, 0.4) is 0 Å². The van der Waals surface area contributed by atoms with Crippen LogP contribution in [0.4, 0.5) is 4.39 Å². The zero-order valence-electron chi connectivity index (χ0n) is 9.72. The van der Waals surface area contributed by atoms with Crippen LogP contribution in [0.25, 0.3) is 0 Å². The van der Waals surface area contributed by atoms with Crippen molar-refractivity contribution < 1.29 is 18.7 Å². The second kappa shape index (κ2) is 6.43. The van der Waals surface area contributed by atoms with E-state index in [0.717, 1.165) is 6.20 Å². The number of Topliss-reactive ketones (excluding diaryl/α,β-unsaturated/α-hetero) is 1. The summed E-state index contributed by atoms with van der Waals surface area (Å²) in [6.45, 7) is 1.71. The molecule has 0 radical (unpaired) electrons. The highest BCUT2D eigenvalue weighted by atomic mass is 19.1. The van der Waals surface area contributed by atoms with Gasteiger partial charge in [0.25, 0.3) is 0 Å². The van der Waals surface area contributed by atoms with Crippen LogP contribution in [0.15, 0.2) is 23.4 Å². The van der Waals surface area contributed by atoms with E-state index in [-0.39, 0.29) is 13.0 Å². The molecule has 0 aliphatic rings. The number of rotatable bonds is 5. The first-order valence-electron chi connectivity index (χ1n) is 5.17. The molecule has 0 spiro atoms. The predicted octanol–water partition coefficient (Wildman–Crippen LogP) is 0.210. The quantitative estimate of drug-likeness (QED) is 0.266. The molecule has 1 heterocycles. The summed E-state index contributed by atoms with van der Waals surface area (Å²) < 4.78 is 17.2. The number of ketones is 1. The number of carbonyl (C=O) groups is 2. The minimum absolute atomic E-state index is 0.111. The Kier molecular flexibility index (Phi) is 4.91. The molecule has 0 fully saturated rings. The minimum atomic E-state index is -0.882. The average Bonchev–Trinajstić information content (AvgIpc) is 2.33. The molecule has 0 saturated carbocycles. The maximum atomic E-state index is 12.6. The zero-order valence-corrected chi connectivity index (χ0v) is 9.72. The number of esters is 1. The third kappa shape index (κ3) is 3.62. The Bertz CT molecular complexity index is 471. The van der Waals surface area contributed by atoms with Gasteiger partial charge in [0.05, 0.1) is 19.2 Å². The number of nitrogens with zero attached hydrogens (tertiary/aromatic N) is 2. The molecule has 7 heteroatoms. The van der Waals surface area contributed by atoms with Gasteiger partial charge in [0.1, 0.15) is 5.82 Å². The fourth-order valence-electron chi connectivity index (χ4n) is 1.20. The van der Waals surface area contributed by atoms with Crippen LogP contribution in [0, 0.1) is 5.82 Å². The fourth-order valence-corrected chi connectivity index (χ4v) is 1.20. The summed E-state index contributed by atoms with van der Waals surface area (Å²) in [5.41, 5.74) is -0.171. The van der Waals surface area contributed by atoms with Crippen molar-refractivity contribution in [2.24, 2.45) is 10.9 Å². The van der Waals surface area contributed by atoms with E-state index >= 15 is 0 Å². The van der Waals surface area contributed by atoms with Crippen LogP contribution in [-0.2, 0) is 20.7 Å². The molecule has 0 saturated heterocycles. The number of ether oxygens (including phenoxy) is 1. The van der Waals surface area contributed by atoms with Gasteiger partial charge in [-0.15, -0.1) is 0 Å². The lowest BCUT2D eigenvalue weighted by atomic mass is 10.1. The monoisotopic (exact) mass is 253 g/mol. The van der Waals surface area contributed by atoms with Gasteiger partial charge in [-0.3, -0.25) is 9.78 Å². The van der Waals surface area contributed by atoms with Crippen molar-refractivity contribution in [2.75, 3.05) is 6.61 Å². The molecular formula is C11H12FN3O3. The first-order valence-corrected chi connectivity index (χ1v) is 5.17. The molecule has 0 amide bonds. The highest BCUT2D eigenvalue weighted by Crippen LogP contribution is 2.01. The lowest BCUT2D eigenvalue weighted by Gasteiger charge is -2.03. The van der Waals surface area contributed by atoms with Crippen LogP contribution < -0.4 is 5.84 Å². The Morgan fingerprint density at radius 3 is 2.72 bits per heavy atom. The molecule has 1 aromatic heterocycles. The van der Waals surface area contributed by atoms with E-state index in [9.17, 15) is 14.0 Å². The normalized spacial score (nSPS) is 11.1. The number of pyridine rings is 1. The Morgan fingerprint density at radius 2 is 2.22 bits per heavy atom. The van der Waals surface area contributed by atoms with E-state index in [0.29, 0.717) is 5.69 Å². The van der Waals surface area contributed by atoms with Crippen molar-refractivity contribution in [1.29, 1.82) is 0 Å². The molecule has 0 aliphatic carbocycles. The fraction of sp³-hybridized carbons (Fsp3) is 0.273. The number of hydrogen-bond donors (Lipinski definition) is 1. The summed E-state index contributed by atoms with van der Waals surface area (Å²) in [5, 5.41) is 3.11. The number of hydrogen-bond acceptors (Lipinski definition) is 6. The van der Waals surface area contributed by atoms with E-state index in [4.69, 9.17) is 5.84 Å². The molecule has 2 N–H and O–H groups in total. The molecule has 18 heavy (non-hydrogen) atoms. The van der Waals surface area contributed by atoms with Gasteiger partial charge in [0.2, 0.25) is 5.71 Å². The third-order valence-electron chi connectivity index (χ3n) is 1.99. The van der Waals surface area contributed by atoms with Crippen molar-refractivity contribution in [2.45, 2.75) is 13.3 Å². The van der Waals surface area contributed by atoms with Crippen LogP contribution in [0.1, 0.15) is 12.6 Å². The molecule has 1 aromatic rings. The second-order valence-corrected chi connectivity index (χ2v) is 3.27. The van der Waals surface area contributed by atoms with E-state index < -0.39 is 23.3 Å². The van der Waals surface area contributed by atoms with Crippen molar-refractivity contribution in [1.82, 2.24) is 4.98 Å². The van der Waals surface area contributed by atoms with Gasteiger partial charge in [-0.2, -0.15) is 5.10 Å². The maximum Gasteiger partial charge on any atom is 0.362 e. The first kappa shape index (κ1) is 13.8. The van der Waals surface area contributed by atoms with Gasteiger partial charge in [-0.25, -0.2) is 9.18 Å². The van der Waals surface area contributed by atoms with Crippen LogP contribution >= 0.6 is 0 Å². The number of nitrogens with two attached hydrogens (primary N) is 1. The van der Waals surface area contributed by atoms with Crippen molar-refractivity contribution in [3.8, 4) is 0 Å². The van der Waals surface area contributed by atoms with Crippen LogP contribution in [-0.4, -0.2) is 29.1 Å². The molecular weight excluding hydrogens is 241 g/mol. The zero-order chi connectivity index (χ0) is 13.5. The standard InChI is InChI=1S/C11H12FN3O3/c1-2-18-11(17)10(15-13)9(16)5-8-4-3-7(12)6-14-8/h3-4,6H,2,5,13H2,1H3. The highest BCUT2D eigenvalue weighted by molar-refractivity contribution is 6.64. The molecule has 0 bridgehead atoms. The summed E-state index contributed by atoms with van der Waals surface area (Å²) in [6, 6.07) is 2.51. The largest absolute Gasteiger partial charge is 0.461 e. The van der Waals surface area contributed by atoms with Gasteiger partial charge in [0, 0.05) is 5.69 Å². The summed E-state index contributed by atoms with van der Waals surface area (Å²) >= 11 is 0. The number of halogens is 1. The van der Waals surface area contributed by atoms with Gasteiger partial charge >= 0.3 is 5.97 Å². The number of carbonyl (C=O) groups excluding carboxylic acids is 2. The molecule has 0 aromatic carbocycles. The van der Waals surface area contributed by atoms with Crippen molar-refractivity contribution in [3.05, 3.63) is 29.8 Å². The topological polar surface area (TPSA) is 94.6 Å². The number of hydrazone groups is 1. The summed E-state index contributed by atoms with van der Waals surface area (Å²) in [4.78, 5) is 26.7. The van der Waals surface area contributed by atoms with Gasteiger partial charge in [0.15, 0.2) is 5.78 Å². The van der Waals surface area contributed by atoms with Gasteiger partial charge in [-0.05, 0) is 19.1 Å². The van der Waals surface area contributed by atoms with Gasteiger partial charge < -0.3 is 10.6 Å². The summed E-state index contributed by atoms with van der Waals surface area (Å²) in [5.74, 6) is 2.95. The molecule has 0 unspecified atom stereocenters. The highest BCUT2D eigenvalue weighted by Gasteiger charge is 2.22. The van der Waals surface area contributed by atoms with E-state index in [1.165, 1.54) is 12.1 Å². The van der Waals surface area contributed by atoms with Crippen LogP contribution in [0.2, 0.25) is 0 Å². The Morgan fingerprint density at radius 1 is 1.50 bits per heavy atom. The number of aromatic nitrogens is 1. The maximum absolute atomic E-state index is 12.6. The minimum Gasteiger partial charge on any atom is -0.461 e. The van der Waals surface area contributed by atoms with Crippen molar-refractivity contribution >= 4 is 17.5 Å². The van der Waals surface area contributed by atoms with Gasteiger partial charge in [-0.1, -0.05) is 0 Å². The van der Waals surface area contributed by atoms with Crippen LogP contribution in [0.5, 0.6) is 0 Å². The van der Waals surface area contributed by atoms with E-state index in [1.54, 1.807) is 6.92 Å². The van der Waals surface area contributed by atoms with Crippen molar-refractivity contribution in [3.63, 3.8) is 0 Å². The third-order valence-corrected chi connectivity index (χ3v) is 1.99. The average molecular weight is 253 g/mol. The SMILES string of the molecule is CCOC(=O)C(=NN)C(=O)Cc1ccc(F)cn1. The lowest BCUT2D eigenvalue weighted by Crippen LogP contribution is -2.29. The smallest absolute Gasteiger partial charge is 0.362 e. The lowest BCUT2D eigenvalue weighted by molar-refractivity contribution is -0.135. The van der Waals surface area contributed by atoms with E-state index in [1.807, 2.05) is 0 Å². The van der Waals surface area contributed by atoms with E-state index in [2.05, 4.69) is 14.8 Å². The Balaban J connectivity index is 2.75. The summed E-state index contributed by atoms with van der Waals surface area (Å²) in [6.07, 6.45) is 0.779. The molecule has 0 aliphatic heterocycles. The Labute approximate surface area is 103 Å². The Hall–Kier alpha value is -2.31. The molecule has 0 atom stereocenters.